The van der Waals surface area contributed by atoms with Crippen LogP contribution in [0.4, 0.5) is 13.2 Å². The molecule has 0 bridgehead atoms. The highest BCUT2D eigenvalue weighted by molar-refractivity contribution is 4.90. The number of hydrogen-bond acceptors (Lipinski definition) is 3. The molecule has 0 radical (unpaired) electrons. The van der Waals surface area contributed by atoms with Crippen LogP contribution in [0.5, 0.6) is 0 Å². The van der Waals surface area contributed by atoms with Gasteiger partial charge in [-0.2, -0.15) is 13.2 Å². The van der Waals surface area contributed by atoms with E-state index in [1.165, 1.54) is 11.8 Å². The topological polar surface area (TPSA) is 49.5 Å². The summed E-state index contributed by atoms with van der Waals surface area (Å²) in [6, 6.07) is -2.64. The minimum atomic E-state index is -4.34. The van der Waals surface area contributed by atoms with Gasteiger partial charge in [-0.25, -0.2) is 0 Å². The van der Waals surface area contributed by atoms with Gasteiger partial charge in [-0.3, -0.25) is 4.90 Å². The molecular weight excluding hydrogens is 221 g/mol. The maximum atomic E-state index is 12.8. The molecule has 6 heteroatoms. The highest BCUT2D eigenvalue weighted by Crippen LogP contribution is 2.30. The monoisotopic (exact) mass is 240 g/mol. The lowest BCUT2D eigenvalue weighted by atomic mass is 9.93. The second-order valence-electron chi connectivity index (χ2n) is 4.67. The van der Waals surface area contributed by atoms with E-state index < -0.39 is 24.4 Å². The molecule has 3 nitrogen and oxygen atoms in total. The molecule has 96 valence electrons. The predicted octanol–water partition coefficient (Wildman–Crippen LogP) is 0.967. The number of piperidine rings is 1. The molecule has 0 aromatic carbocycles. The number of aliphatic hydroxyl groups is 1. The van der Waals surface area contributed by atoms with Crippen LogP contribution < -0.4 is 5.73 Å². The molecule has 0 aromatic rings. The lowest BCUT2D eigenvalue weighted by Crippen LogP contribution is -2.59. The van der Waals surface area contributed by atoms with Crippen LogP contribution in [-0.4, -0.2) is 47.5 Å². The lowest BCUT2D eigenvalue weighted by Gasteiger charge is -2.41. The van der Waals surface area contributed by atoms with E-state index in [4.69, 9.17) is 5.73 Å². The zero-order valence-corrected chi connectivity index (χ0v) is 9.54. The molecule has 1 aliphatic heterocycles. The van der Waals surface area contributed by atoms with E-state index in [9.17, 15) is 18.3 Å². The molecule has 4 atom stereocenters. The fourth-order valence-corrected chi connectivity index (χ4v) is 2.16. The summed E-state index contributed by atoms with van der Waals surface area (Å²) in [4.78, 5) is 1.25. The van der Waals surface area contributed by atoms with E-state index in [1.54, 1.807) is 0 Å². The Bertz CT molecular complexity index is 233. The van der Waals surface area contributed by atoms with E-state index >= 15 is 0 Å². The van der Waals surface area contributed by atoms with E-state index in [-0.39, 0.29) is 12.5 Å². The summed E-state index contributed by atoms with van der Waals surface area (Å²) in [5.74, 6) is 0.0539. The summed E-state index contributed by atoms with van der Waals surface area (Å²) in [7, 11) is 0. The van der Waals surface area contributed by atoms with Gasteiger partial charge in [0.05, 0.1) is 6.10 Å². The second-order valence-corrected chi connectivity index (χ2v) is 4.67. The maximum absolute atomic E-state index is 12.8. The van der Waals surface area contributed by atoms with Crippen molar-refractivity contribution in [1.82, 2.24) is 4.90 Å². The minimum absolute atomic E-state index is 0.0485. The van der Waals surface area contributed by atoms with Gasteiger partial charge in [0.1, 0.15) is 6.04 Å². The van der Waals surface area contributed by atoms with Crippen molar-refractivity contribution < 1.29 is 18.3 Å². The standard InChI is InChI=1S/C10H19F3N2O/c1-6-3-4-15(5-8(6)16)9(7(2)14)10(11,12)13/h6-9,16H,3-5,14H2,1-2H3. The Morgan fingerprint density at radius 2 is 2.00 bits per heavy atom. The number of alkyl halides is 3. The van der Waals surface area contributed by atoms with Crippen molar-refractivity contribution >= 4 is 0 Å². The third-order valence-electron chi connectivity index (χ3n) is 3.18. The molecule has 4 unspecified atom stereocenters. The van der Waals surface area contributed by atoms with E-state index in [2.05, 4.69) is 0 Å². The van der Waals surface area contributed by atoms with Crippen molar-refractivity contribution in [2.75, 3.05) is 13.1 Å². The minimum Gasteiger partial charge on any atom is -0.392 e. The highest BCUT2D eigenvalue weighted by Gasteiger charge is 2.47. The Labute approximate surface area is 93.4 Å². The van der Waals surface area contributed by atoms with Crippen molar-refractivity contribution in [1.29, 1.82) is 0 Å². The van der Waals surface area contributed by atoms with E-state index in [0.717, 1.165) is 0 Å². The lowest BCUT2D eigenvalue weighted by molar-refractivity contribution is -0.196. The number of nitrogens with zero attached hydrogens (tertiary/aromatic N) is 1. The van der Waals surface area contributed by atoms with Gasteiger partial charge in [-0.15, -0.1) is 0 Å². The number of likely N-dealkylation sites (tertiary alicyclic amines) is 1. The zero-order valence-electron chi connectivity index (χ0n) is 9.54. The van der Waals surface area contributed by atoms with Crippen LogP contribution in [0.1, 0.15) is 20.3 Å². The Kier molecular flexibility index (Phi) is 4.20. The normalized spacial score (nSPS) is 32.4. The predicted molar refractivity (Wildman–Crippen MR) is 54.9 cm³/mol. The first-order valence-corrected chi connectivity index (χ1v) is 5.48. The first kappa shape index (κ1) is 13.7. The van der Waals surface area contributed by atoms with Gasteiger partial charge in [-0.05, 0) is 25.8 Å². The molecule has 16 heavy (non-hydrogen) atoms. The van der Waals surface area contributed by atoms with Crippen molar-refractivity contribution in [2.45, 2.75) is 44.6 Å². The van der Waals surface area contributed by atoms with Gasteiger partial charge in [0, 0.05) is 12.6 Å². The average molecular weight is 240 g/mol. The molecule has 1 fully saturated rings. The van der Waals surface area contributed by atoms with Crippen molar-refractivity contribution in [3.05, 3.63) is 0 Å². The van der Waals surface area contributed by atoms with Crippen molar-refractivity contribution in [2.24, 2.45) is 11.7 Å². The average Bonchev–Trinajstić information content (AvgIpc) is 2.08. The Balaban J connectivity index is 2.73. The molecular formula is C10H19F3N2O. The molecule has 1 aliphatic rings. The fraction of sp³-hybridized carbons (Fsp3) is 1.00. The molecule has 1 heterocycles. The first-order valence-electron chi connectivity index (χ1n) is 5.48. The summed E-state index contributed by atoms with van der Waals surface area (Å²) >= 11 is 0. The summed E-state index contributed by atoms with van der Waals surface area (Å²) < 4.78 is 38.3. The molecule has 1 rings (SSSR count). The fourth-order valence-electron chi connectivity index (χ4n) is 2.16. The van der Waals surface area contributed by atoms with Gasteiger partial charge >= 0.3 is 6.18 Å². The Morgan fingerprint density at radius 1 is 1.44 bits per heavy atom. The molecule has 0 aliphatic carbocycles. The number of rotatable bonds is 2. The van der Waals surface area contributed by atoms with Crippen LogP contribution in [0.25, 0.3) is 0 Å². The molecule has 0 saturated carbocycles. The van der Waals surface area contributed by atoms with Gasteiger partial charge in [0.15, 0.2) is 0 Å². The Morgan fingerprint density at radius 3 is 2.38 bits per heavy atom. The summed E-state index contributed by atoms with van der Waals surface area (Å²) in [5.41, 5.74) is 5.39. The van der Waals surface area contributed by atoms with Crippen LogP contribution in [0.2, 0.25) is 0 Å². The van der Waals surface area contributed by atoms with Crippen molar-refractivity contribution in [3.63, 3.8) is 0 Å². The zero-order chi connectivity index (χ0) is 12.5. The maximum Gasteiger partial charge on any atom is 0.405 e. The summed E-state index contributed by atoms with van der Waals surface area (Å²) in [5, 5.41) is 9.59. The highest BCUT2D eigenvalue weighted by atomic mass is 19.4. The van der Waals surface area contributed by atoms with Crippen LogP contribution in [-0.2, 0) is 0 Å². The van der Waals surface area contributed by atoms with Crippen molar-refractivity contribution in [3.8, 4) is 0 Å². The van der Waals surface area contributed by atoms with E-state index in [0.29, 0.717) is 13.0 Å². The van der Waals surface area contributed by atoms with Gasteiger partial charge in [0.25, 0.3) is 0 Å². The van der Waals surface area contributed by atoms with Gasteiger partial charge < -0.3 is 10.8 Å². The molecule has 3 N–H and O–H groups in total. The summed E-state index contributed by atoms with van der Waals surface area (Å²) in [6.07, 6.45) is -4.47. The molecule has 0 amide bonds. The SMILES string of the molecule is CC(N)C(N1CCC(C)C(O)C1)C(F)(F)F. The summed E-state index contributed by atoms with van der Waals surface area (Å²) in [6.45, 7) is 3.58. The van der Waals surface area contributed by atoms with Crippen LogP contribution in [0.15, 0.2) is 0 Å². The molecule has 1 saturated heterocycles. The largest absolute Gasteiger partial charge is 0.405 e. The molecule has 0 spiro atoms. The number of hydrogen-bond donors (Lipinski definition) is 2. The number of aliphatic hydroxyl groups excluding tert-OH is 1. The van der Waals surface area contributed by atoms with Gasteiger partial charge in [-0.1, -0.05) is 6.92 Å². The van der Waals surface area contributed by atoms with E-state index in [1.807, 2.05) is 6.92 Å². The second kappa shape index (κ2) is 4.89. The van der Waals surface area contributed by atoms with Gasteiger partial charge in [0.2, 0.25) is 0 Å². The number of halogens is 3. The molecule has 0 aromatic heterocycles. The first-order chi connectivity index (χ1) is 7.23. The third-order valence-corrected chi connectivity index (χ3v) is 3.18. The quantitative estimate of drug-likeness (QED) is 0.756. The smallest absolute Gasteiger partial charge is 0.392 e. The van der Waals surface area contributed by atoms with Crippen LogP contribution in [0.3, 0.4) is 0 Å². The number of nitrogens with two attached hydrogens (primary N) is 1. The van der Waals surface area contributed by atoms with Crippen LogP contribution in [0, 0.1) is 5.92 Å². The third kappa shape index (κ3) is 3.09. The Hall–Kier alpha value is -0.330. The number of β-amino-alcohol motifs (C(OH)–C–C–N with tert-alkyl or cyclic N) is 1. The van der Waals surface area contributed by atoms with Crippen LogP contribution >= 0.6 is 0 Å².